The van der Waals surface area contributed by atoms with E-state index >= 15 is 0 Å². The van der Waals surface area contributed by atoms with Crippen molar-refractivity contribution in [2.24, 2.45) is 5.41 Å². The van der Waals surface area contributed by atoms with E-state index in [1.54, 1.807) is 23.9 Å². The zero-order chi connectivity index (χ0) is 16.7. The number of carbonyl (C=O) groups is 1. The average Bonchev–Trinajstić information content (AvgIpc) is 2.55. The number of carbonyl (C=O) groups excluding carboxylic acids is 1. The normalized spacial score (nSPS) is 17.0. The highest BCUT2D eigenvalue weighted by atomic mass is 79.9. The predicted octanol–water partition coefficient (Wildman–Crippen LogP) is 1.13. The summed E-state index contributed by atoms with van der Waals surface area (Å²) >= 11 is 3.33. The van der Waals surface area contributed by atoms with E-state index in [0.717, 1.165) is 30.4 Å². The molecule has 0 atom stereocenters. The van der Waals surface area contributed by atoms with Crippen LogP contribution in [0.15, 0.2) is 27.6 Å². The summed E-state index contributed by atoms with van der Waals surface area (Å²) in [6, 6.07) is 3.19. The molecule has 0 unspecified atom stereocenters. The van der Waals surface area contributed by atoms with Gasteiger partial charge < -0.3 is 19.9 Å². The Balaban J connectivity index is 1.84. The summed E-state index contributed by atoms with van der Waals surface area (Å²) in [5.74, 6) is -0.0362. The fourth-order valence-electron chi connectivity index (χ4n) is 2.91. The molecule has 0 aromatic carbocycles. The first-order valence-electron chi connectivity index (χ1n) is 7.87. The Kier molecular flexibility index (Phi) is 6.80. The van der Waals surface area contributed by atoms with Crippen LogP contribution in [0, 0.1) is 5.41 Å². The second kappa shape index (κ2) is 8.61. The van der Waals surface area contributed by atoms with Crippen molar-refractivity contribution < 1.29 is 9.53 Å². The quantitative estimate of drug-likeness (QED) is 0.737. The molecule has 1 aromatic heterocycles. The van der Waals surface area contributed by atoms with Gasteiger partial charge in [-0.05, 0) is 47.9 Å². The van der Waals surface area contributed by atoms with Gasteiger partial charge in [-0.3, -0.25) is 9.59 Å². The number of rotatable bonds is 7. The highest BCUT2D eigenvalue weighted by Gasteiger charge is 2.32. The van der Waals surface area contributed by atoms with Gasteiger partial charge in [0.25, 0.3) is 5.56 Å². The Morgan fingerprint density at radius 3 is 2.87 bits per heavy atom. The van der Waals surface area contributed by atoms with E-state index in [9.17, 15) is 9.59 Å². The van der Waals surface area contributed by atoms with E-state index in [-0.39, 0.29) is 23.3 Å². The third kappa shape index (κ3) is 5.44. The van der Waals surface area contributed by atoms with Gasteiger partial charge in [0.2, 0.25) is 5.91 Å². The molecule has 0 aliphatic carbocycles. The second-order valence-corrected chi connectivity index (χ2v) is 7.00. The van der Waals surface area contributed by atoms with Crippen molar-refractivity contribution in [3.05, 3.63) is 33.2 Å². The predicted molar refractivity (Wildman–Crippen MR) is 92.4 cm³/mol. The Morgan fingerprint density at radius 1 is 1.43 bits per heavy atom. The maximum atomic E-state index is 12.1. The van der Waals surface area contributed by atoms with Crippen molar-refractivity contribution in [2.75, 3.05) is 33.4 Å². The molecule has 7 heteroatoms. The topological polar surface area (TPSA) is 72.4 Å². The average molecular weight is 386 g/mol. The highest BCUT2D eigenvalue weighted by Crippen LogP contribution is 2.28. The number of amides is 1. The molecular weight excluding hydrogens is 362 g/mol. The molecule has 0 spiro atoms. The molecule has 0 saturated carbocycles. The molecule has 1 aliphatic heterocycles. The maximum Gasteiger partial charge on any atom is 0.250 e. The maximum absolute atomic E-state index is 12.1. The van der Waals surface area contributed by atoms with Crippen LogP contribution in [0.1, 0.15) is 19.3 Å². The van der Waals surface area contributed by atoms with Crippen molar-refractivity contribution in [3.8, 4) is 0 Å². The highest BCUT2D eigenvalue weighted by molar-refractivity contribution is 9.10. The number of nitrogens with zero attached hydrogens (tertiary/aromatic N) is 1. The lowest BCUT2D eigenvalue weighted by atomic mass is 9.79. The minimum atomic E-state index is -0.102. The molecule has 128 valence electrons. The number of aryl methyl sites for hydroxylation is 1. The van der Waals surface area contributed by atoms with Crippen LogP contribution in [-0.2, 0) is 16.1 Å². The van der Waals surface area contributed by atoms with Gasteiger partial charge in [-0.1, -0.05) is 0 Å². The summed E-state index contributed by atoms with van der Waals surface area (Å²) in [5, 5.41) is 6.34. The van der Waals surface area contributed by atoms with Gasteiger partial charge >= 0.3 is 0 Å². The number of hydrogen-bond acceptors (Lipinski definition) is 4. The van der Waals surface area contributed by atoms with E-state index in [1.165, 1.54) is 6.07 Å². The Labute approximate surface area is 144 Å². The molecule has 6 nitrogen and oxygen atoms in total. The minimum Gasteiger partial charge on any atom is -0.384 e. The van der Waals surface area contributed by atoms with Crippen molar-refractivity contribution in [1.82, 2.24) is 15.2 Å². The number of aromatic nitrogens is 1. The second-order valence-electron chi connectivity index (χ2n) is 6.09. The summed E-state index contributed by atoms with van der Waals surface area (Å²) in [6.45, 7) is 3.55. The number of methoxy groups -OCH3 is 1. The number of piperidine rings is 1. The first kappa shape index (κ1) is 18.2. The van der Waals surface area contributed by atoms with Crippen molar-refractivity contribution in [3.63, 3.8) is 0 Å². The molecular formula is C16H24BrN3O3. The molecule has 0 bridgehead atoms. The minimum absolute atomic E-state index is 0.0161. The Morgan fingerprint density at radius 2 is 2.17 bits per heavy atom. The van der Waals surface area contributed by atoms with Gasteiger partial charge in [-0.2, -0.15) is 0 Å². The van der Waals surface area contributed by atoms with E-state index in [4.69, 9.17) is 4.74 Å². The molecule has 2 N–H and O–H groups in total. The monoisotopic (exact) mass is 385 g/mol. The molecule has 1 amide bonds. The number of hydrogen-bond donors (Lipinski definition) is 2. The Bertz CT molecular complexity index is 577. The summed E-state index contributed by atoms with van der Waals surface area (Å²) in [7, 11) is 1.70. The van der Waals surface area contributed by atoms with Crippen LogP contribution >= 0.6 is 15.9 Å². The molecule has 1 aliphatic rings. The smallest absolute Gasteiger partial charge is 0.250 e. The number of nitrogens with one attached hydrogen (secondary N) is 2. The van der Waals surface area contributed by atoms with Gasteiger partial charge in [0.15, 0.2) is 0 Å². The van der Waals surface area contributed by atoms with E-state index < -0.39 is 0 Å². The van der Waals surface area contributed by atoms with Crippen molar-refractivity contribution >= 4 is 21.8 Å². The standard InChI is InChI=1S/C16H24BrN3O3/c1-23-12-16(5-7-18-8-6-16)11-19-14(21)4-9-20-10-13(17)2-3-15(20)22/h2-3,10,18H,4-9,11-12H2,1H3,(H,19,21). The molecule has 23 heavy (non-hydrogen) atoms. The van der Waals surface area contributed by atoms with Crippen LogP contribution in [0.25, 0.3) is 0 Å². The summed E-state index contributed by atoms with van der Waals surface area (Å²) in [5.41, 5.74) is -0.0855. The van der Waals surface area contributed by atoms with E-state index in [1.807, 2.05) is 0 Å². The number of ether oxygens (including phenoxy) is 1. The van der Waals surface area contributed by atoms with Gasteiger partial charge in [-0.25, -0.2) is 0 Å². The zero-order valence-electron chi connectivity index (χ0n) is 13.4. The van der Waals surface area contributed by atoms with Crippen LogP contribution in [0.2, 0.25) is 0 Å². The summed E-state index contributed by atoms with van der Waals surface area (Å²) in [4.78, 5) is 23.8. The van der Waals surface area contributed by atoms with Gasteiger partial charge in [-0.15, -0.1) is 0 Å². The van der Waals surface area contributed by atoms with Gasteiger partial charge in [0, 0.05) is 48.8 Å². The van der Waals surface area contributed by atoms with Crippen LogP contribution in [0.5, 0.6) is 0 Å². The zero-order valence-corrected chi connectivity index (χ0v) is 15.0. The SMILES string of the molecule is COCC1(CNC(=O)CCn2cc(Br)ccc2=O)CCNCC1. The fraction of sp³-hybridized carbons (Fsp3) is 0.625. The van der Waals surface area contributed by atoms with Crippen LogP contribution < -0.4 is 16.2 Å². The fourth-order valence-corrected chi connectivity index (χ4v) is 3.29. The van der Waals surface area contributed by atoms with Crippen LogP contribution in [0.3, 0.4) is 0 Å². The third-order valence-electron chi connectivity index (χ3n) is 4.30. The molecule has 0 radical (unpaired) electrons. The molecule has 2 heterocycles. The molecule has 1 saturated heterocycles. The lowest BCUT2D eigenvalue weighted by molar-refractivity contribution is -0.122. The third-order valence-corrected chi connectivity index (χ3v) is 4.77. The molecule has 1 aromatic rings. The first-order chi connectivity index (χ1) is 11.0. The van der Waals surface area contributed by atoms with Gasteiger partial charge in [0.1, 0.15) is 0 Å². The van der Waals surface area contributed by atoms with Crippen molar-refractivity contribution in [2.45, 2.75) is 25.8 Å². The van der Waals surface area contributed by atoms with E-state index in [2.05, 4.69) is 26.6 Å². The van der Waals surface area contributed by atoms with Crippen LogP contribution in [-0.4, -0.2) is 43.8 Å². The lowest BCUT2D eigenvalue weighted by Gasteiger charge is -2.37. The largest absolute Gasteiger partial charge is 0.384 e. The summed E-state index contributed by atoms with van der Waals surface area (Å²) in [6.07, 6.45) is 3.98. The number of pyridine rings is 1. The lowest BCUT2D eigenvalue weighted by Crippen LogP contribution is -2.47. The first-order valence-corrected chi connectivity index (χ1v) is 8.66. The van der Waals surface area contributed by atoms with E-state index in [0.29, 0.717) is 19.7 Å². The number of halogens is 1. The Hall–Kier alpha value is -1.18. The van der Waals surface area contributed by atoms with Gasteiger partial charge in [0.05, 0.1) is 6.61 Å². The van der Waals surface area contributed by atoms with Crippen LogP contribution in [0.4, 0.5) is 0 Å². The van der Waals surface area contributed by atoms with Crippen molar-refractivity contribution in [1.29, 1.82) is 0 Å². The molecule has 2 rings (SSSR count). The summed E-state index contributed by atoms with van der Waals surface area (Å²) < 4.78 is 7.71. The molecule has 1 fully saturated rings.